The number of amidine groups is 2. The van der Waals surface area contributed by atoms with Crippen LogP contribution in [0.3, 0.4) is 0 Å². The Kier molecular flexibility index (Phi) is 5.91. The third-order valence-electron chi connectivity index (χ3n) is 4.53. The number of hydrogen-bond acceptors (Lipinski definition) is 6. The van der Waals surface area contributed by atoms with Crippen LogP contribution < -0.4 is 9.47 Å². The molecule has 0 unspecified atom stereocenters. The summed E-state index contributed by atoms with van der Waals surface area (Å²) in [6.07, 6.45) is 3.10. The molecule has 0 bridgehead atoms. The Labute approximate surface area is 192 Å². The maximum absolute atomic E-state index is 12.5. The van der Waals surface area contributed by atoms with Gasteiger partial charge in [-0.15, -0.1) is 5.06 Å². The average Bonchev–Trinajstić information content (AvgIpc) is 3.14. The summed E-state index contributed by atoms with van der Waals surface area (Å²) in [6.45, 7) is 3.85. The van der Waals surface area contributed by atoms with Crippen LogP contribution in [0.25, 0.3) is 6.08 Å². The molecule has 2 aliphatic rings. The molecule has 1 amide bonds. The second-order valence-electron chi connectivity index (χ2n) is 6.84. The summed E-state index contributed by atoms with van der Waals surface area (Å²) in [5.41, 5.74) is 1.01. The molecule has 2 heterocycles. The molecule has 0 atom stereocenters. The predicted octanol–water partition coefficient (Wildman–Crippen LogP) is 4.52. The van der Waals surface area contributed by atoms with Crippen LogP contribution in [0.15, 0.2) is 69.3 Å². The highest BCUT2D eigenvalue weighted by molar-refractivity contribution is 9.10. The smallest absolute Gasteiger partial charge is 0.343 e. The van der Waals surface area contributed by atoms with Crippen molar-refractivity contribution in [1.82, 2.24) is 5.06 Å². The van der Waals surface area contributed by atoms with Gasteiger partial charge in [-0.2, -0.15) is 4.99 Å². The molecule has 0 saturated carbocycles. The van der Waals surface area contributed by atoms with Gasteiger partial charge in [0.25, 0.3) is 5.91 Å². The Balaban J connectivity index is 1.67. The maximum atomic E-state index is 12.5. The van der Waals surface area contributed by atoms with Crippen LogP contribution in [0, 0.1) is 5.41 Å². The van der Waals surface area contributed by atoms with Crippen molar-refractivity contribution in [3.8, 4) is 11.5 Å². The number of nitrogens with one attached hydrogen (secondary N) is 1. The van der Waals surface area contributed by atoms with Crippen molar-refractivity contribution in [3.05, 3.63) is 75.5 Å². The van der Waals surface area contributed by atoms with Crippen molar-refractivity contribution in [1.29, 1.82) is 5.41 Å². The number of benzene rings is 2. The number of halogens is 1. The van der Waals surface area contributed by atoms with E-state index in [0.717, 1.165) is 0 Å². The number of esters is 1. The van der Waals surface area contributed by atoms with E-state index in [1.807, 2.05) is 6.07 Å². The molecule has 0 saturated heterocycles. The van der Waals surface area contributed by atoms with E-state index in [-0.39, 0.29) is 23.0 Å². The zero-order valence-electron chi connectivity index (χ0n) is 17.2. The number of hydrogen-bond donors (Lipinski definition) is 1. The molecule has 162 valence electrons. The Hall–Kier alpha value is -3.72. The van der Waals surface area contributed by atoms with Gasteiger partial charge in [0.1, 0.15) is 5.76 Å². The van der Waals surface area contributed by atoms with E-state index >= 15 is 0 Å². The molecular weight excluding hydrogens is 478 g/mol. The van der Waals surface area contributed by atoms with Gasteiger partial charge in [-0.1, -0.05) is 18.2 Å². The van der Waals surface area contributed by atoms with E-state index < -0.39 is 11.9 Å². The number of hydroxylamine groups is 2. The minimum Gasteiger partial charge on any atom is -0.490 e. The molecule has 0 aromatic heterocycles. The molecule has 2 aliphatic heterocycles. The number of fused-ring (bicyclic) bond motifs is 1. The molecule has 0 aliphatic carbocycles. The minimum atomic E-state index is -0.551. The zero-order chi connectivity index (χ0) is 22.8. The summed E-state index contributed by atoms with van der Waals surface area (Å²) in [5, 5.41) is 9.54. The number of aliphatic imine (C=N–C) groups is 1. The van der Waals surface area contributed by atoms with Crippen LogP contribution in [-0.2, 0) is 9.63 Å². The van der Waals surface area contributed by atoms with Gasteiger partial charge in [0.2, 0.25) is 0 Å². The Morgan fingerprint density at radius 2 is 2.03 bits per heavy atom. The highest BCUT2D eigenvalue weighted by Gasteiger charge is 2.34. The largest absolute Gasteiger partial charge is 0.490 e. The van der Waals surface area contributed by atoms with E-state index in [1.54, 1.807) is 56.3 Å². The molecule has 32 heavy (non-hydrogen) atoms. The number of ether oxygens (including phenoxy) is 2. The van der Waals surface area contributed by atoms with Gasteiger partial charge in [-0.3, -0.25) is 10.2 Å². The first-order valence-electron chi connectivity index (χ1n) is 9.71. The predicted molar refractivity (Wildman–Crippen MR) is 122 cm³/mol. The summed E-state index contributed by atoms with van der Waals surface area (Å²) < 4.78 is 11.7. The zero-order valence-corrected chi connectivity index (χ0v) is 18.8. The van der Waals surface area contributed by atoms with Gasteiger partial charge in [0.15, 0.2) is 23.2 Å². The van der Waals surface area contributed by atoms with E-state index in [1.165, 1.54) is 11.1 Å². The monoisotopic (exact) mass is 495 g/mol. The van der Waals surface area contributed by atoms with Gasteiger partial charge in [-0.05, 0) is 65.7 Å². The standard InChI is InChI=1S/C23H18BrN3O5/c1-3-30-18-12-14(10-16-21(25)27-19(26-22(16)28)9-13(2)32-27)11-17(24)20(18)31-23(29)15-7-5-4-6-8-15/h4-12,25H,3H2,1-2H3/b16-10+,25-21?. The first kappa shape index (κ1) is 21.5. The van der Waals surface area contributed by atoms with E-state index in [9.17, 15) is 9.59 Å². The number of carbonyl (C=O) groups is 2. The van der Waals surface area contributed by atoms with Crippen molar-refractivity contribution in [2.45, 2.75) is 13.8 Å². The highest BCUT2D eigenvalue weighted by atomic mass is 79.9. The topological polar surface area (TPSA) is 101 Å². The molecule has 0 fully saturated rings. The van der Waals surface area contributed by atoms with E-state index in [2.05, 4.69) is 20.9 Å². The van der Waals surface area contributed by atoms with Crippen LogP contribution in [0.4, 0.5) is 0 Å². The third-order valence-corrected chi connectivity index (χ3v) is 5.12. The number of nitrogens with zero attached hydrogens (tertiary/aromatic N) is 2. The summed E-state index contributed by atoms with van der Waals surface area (Å²) in [6, 6.07) is 11.9. The number of rotatable bonds is 5. The Bertz CT molecular complexity index is 1220. The molecular formula is C23H18BrN3O5. The summed E-state index contributed by atoms with van der Waals surface area (Å²) in [7, 11) is 0. The van der Waals surface area contributed by atoms with Crippen molar-refractivity contribution in [2.24, 2.45) is 4.99 Å². The SMILES string of the molecule is CCOc1cc(/C=C2\C(=N)N3OC(C)=CC3=NC2=O)cc(Br)c1OC(=O)c1ccccc1. The first-order valence-corrected chi connectivity index (χ1v) is 10.5. The van der Waals surface area contributed by atoms with Gasteiger partial charge < -0.3 is 14.3 Å². The number of carbonyl (C=O) groups excluding carboxylic acids is 2. The lowest BCUT2D eigenvalue weighted by molar-refractivity contribution is -0.114. The van der Waals surface area contributed by atoms with Crippen LogP contribution in [0.1, 0.15) is 29.8 Å². The summed E-state index contributed by atoms with van der Waals surface area (Å²) in [5.74, 6) is 0.134. The molecule has 8 nitrogen and oxygen atoms in total. The van der Waals surface area contributed by atoms with E-state index in [0.29, 0.717) is 33.7 Å². The van der Waals surface area contributed by atoms with Crippen LogP contribution in [-0.4, -0.2) is 35.2 Å². The van der Waals surface area contributed by atoms with Gasteiger partial charge >= 0.3 is 5.97 Å². The fourth-order valence-electron chi connectivity index (χ4n) is 3.13. The summed E-state index contributed by atoms with van der Waals surface area (Å²) in [4.78, 5) is 34.4. The first-order chi connectivity index (χ1) is 15.4. The highest BCUT2D eigenvalue weighted by Crippen LogP contribution is 2.38. The molecule has 0 spiro atoms. The number of allylic oxidation sites excluding steroid dienone is 1. The second kappa shape index (κ2) is 8.80. The quantitative estimate of drug-likeness (QED) is 0.371. The maximum Gasteiger partial charge on any atom is 0.343 e. The molecule has 9 heteroatoms. The summed E-state index contributed by atoms with van der Waals surface area (Å²) >= 11 is 3.42. The molecule has 4 rings (SSSR count). The van der Waals surface area contributed by atoms with Crippen molar-refractivity contribution in [2.75, 3.05) is 6.61 Å². The third kappa shape index (κ3) is 4.19. The van der Waals surface area contributed by atoms with Crippen molar-refractivity contribution >= 4 is 45.6 Å². The van der Waals surface area contributed by atoms with Crippen molar-refractivity contribution in [3.63, 3.8) is 0 Å². The Morgan fingerprint density at radius 1 is 1.28 bits per heavy atom. The van der Waals surface area contributed by atoms with Crippen LogP contribution in [0.5, 0.6) is 11.5 Å². The van der Waals surface area contributed by atoms with Gasteiger partial charge in [0.05, 0.1) is 22.2 Å². The van der Waals surface area contributed by atoms with Gasteiger partial charge in [-0.25, -0.2) is 4.79 Å². The minimum absolute atomic E-state index is 0.0558. The lowest BCUT2D eigenvalue weighted by Crippen LogP contribution is -2.38. The normalized spacial score (nSPS) is 16.3. The molecule has 1 N–H and O–H groups in total. The average molecular weight is 496 g/mol. The lowest BCUT2D eigenvalue weighted by atomic mass is 10.1. The fraction of sp³-hybridized carbons (Fsp3) is 0.130. The lowest BCUT2D eigenvalue weighted by Gasteiger charge is -2.23. The Morgan fingerprint density at radius 3 is 2.75 bits per heavy atom. The molecule has 2 aromatic carbocycles. The van der Waals surface area contributed by atoms with Crippen LogP contribution in [0.2, 0.25) is 0 Å². The van der Waals surface area contributed by atoms with E-state index in [4.69, 9.17) is 19.7 Å². The molecule has 0 radical (unpaired) electrons. The molecule has 2 aromatic rings. The van der Waals surface area contributed by atoms with Gasteiger partial charge in [0, 0.05) is 6.08 Å². The number of amides is 1. The fourth-order valence-corrected chi connectivity index (χ4v) is 3.67. The van der Waals surface area contributed by atoms with Crippen LogP contribution >= 0.6 is 15.9 Å². The van der Waals surface area contributed by atoms with Crippen molar-refractivity contribution < 1.29 is 23.9 Å². The second-order valence-corrected chi connectivity index (χ2v) is 7.70.